The average Bonchev–Trinajstić information content (AvgIpc) is 2.89. The monoisotopic (exact) mass is 466 g/mol. The molecule has 0 spiro atoms. The van der Waals surface area contributed by atoms with E-state index in [1.807, 2.05) is 0 Å². The van der Waals surface area contributed by atoms with E-state index >= 15 is 0 Å². The van der Waals surface area contributed by atoms with Gasteiger partial charge in [-0.15, -0.1) is 0 Å². The molecule has 4 rings (SSSR count). The average molecular weight is 466 g/mol. The highest BCUT2D eigenvalue weighted by atomic mass is 16.5. The molecule has 2 aromatic rings. The first-order valence-corrected chi connectivity index (χ1v) is 11.1. The summed E-state index contributed by atoms with van der Waals surface area (Å²) in [5.74, 6) is -0.785. The van der Waals surface area contributed by atoms with Crippen molar-refractivity contribution in [2.75, 3.05) is 33.3 Å². The lowest BCUT2D eigenvalue weighted by molar-refractivity contribution is -0.133. The van der Waals surface area contributed by atoms with Crippen LogP contribution in [0.1, 0.15) is 33.6 Å². The summed E-state index contributed by atoms with van der Waals surface area (Å²) in [7, 11) is 1.54. The van der Waals surface area contributed by atoms with Crippen LogP contribution in [0.3, 0.4) is 0 Å². The maximum absolute atomic E-state index is 13.3. The standard InChI is InChI=1S/C23H26N6O5/c1-34-17-6-4-15(5-7-17)22(32)28-9-10-29(23(33)16-11-24-14-25-12-16)19(13-28)21(31)27-18-3-2-8-26-20(18)30/h4-7,11-12,14,18-19H,2-3,8-10,13H2,1H3,(H,26,30)(H,27,31). The second-order valence-electron chi connectivity index (χ2n) is 8.12. The molecule has 0 bridgehead atoms. The summed E-state index contributed by atoms with van der Waals surface area (Å²) in [6, 6.07) is 5.04. The Balaban J connectivity index is 1.55. The number of piperazine rings is 1. The Bertz CT molecular complexity index is 1060. The second-order valence-corrected chi connectivity index (χ2v) is 8.12. The number of methoxy groups -OCH3 is 1. The molecule has 34 heavy (non-hydrogen) atoms. The summed E-state index contributed by atoms with van der Waals surface area (Å²) in [6.07, 6.45) is 5.34. The van der Waals surface area contributed by atoms with Crippen molar-refractivity contribution in [2.24, 2.45) is 0 Å². The molecule has 1 aromatic heterocycles. The molecule has 2 aliphatic rings. The summed E-state index contributed by atoms with van der Waals surface area (Å²) in [5.41, 5.74) is 0.688. The molecule has 2 N–H and O–H groups in total. The Morgan fingerprint density at radius 1 is 1.06 bits per heavy atom. The summed E-state index contributed by atoms with van der Waals surface area (Å²) >= 11 is 0. The van der Waals surface area contributed by atoms with Crippen molar-refractivity contribution >= 4 is 23.6 Å². The maximum Gasteiger partial charge on any atom is 0.257 e. The molecule has 178 valence electrons. The highest BCUT2D eigenvalue weighted by Gasteiger charge is 2.39. The van der Waals surface area contributed by atoms with Crippen molar-refractivity contribution in [1.29, 1.82) is 0 Å². The minimum atomic E-state index is -0.974. The molecule has 4 amide bonds. The number of aromatic nitrogens is 2. The first-order chi connectivity index (χ1) is 16.5. The fourth-order valence-corrected chi connectivity index (χ4v) is 4.10. The van der Waals surface area contributed by atoms with Gasteiger partial charge in [0.2, 0.25) is 11.8 Å². The fourth-order valence-electron chi connectivity index (χ4n) is 4.10. The Hall–Kier alpha value is -4.02. The maximum atomic E-state index is 13.3. The SMILES string of the molecule is COc1ccc(C(=O)N2CCN(C(=O)c3cncnc3)C(C(=O)NC3CCCNC3=O)C2)cc1. The van der Waals surface area contributed by atoms with E-state index in [4.69, 9.17) is 4.74 Å². The van der Waals surface area contributed by atoms with Crippen molar-refractivity contribution in [2.45, 2.75) is 24.9 Å². The van der Waals surface area contributed by atoms with Crippen LogP contribution >= 0.6 is 0 Å². The molecule has 0 aliphatic carbocycles. The molecule has 11 heteroatoms. The molecule has 11 nitrogen and oxygen atoms in total. The Labute approximate surface area is 196 Å². The Morgan fingerprint density at radius 3 is 2.47 bits per heavy atom. The van der Waals surface area contributed by atoms with Crippen molar-refractivity contribution in [3.8, 4) is 5.75 Å². The van der Waals surface area contributed by atoms with E-state index in [0.717, 1.165) is 6.42 Å². The second kappa shape index (κ2) is 10.3. The first-order valence-electron chi connectivity index (χ1n) is 11.1. The summed E-state index contributed by atoms with van der Waals surface area (Å²) in [6.45, 7) is 0.949. The van der Waals surface area contributed by atoms with Gasteiger partial charge in [-0.2, -0.15) is 0 Å². The number of piperidine rings is 1. The predicted molar refractivity (Wildman–Crippen MR) is 120 cm³/mol. The van der Waals surface area contributed by atoms with Gasteiger partial charge in [0, 0.05) is 37.6 Å². The Morgan fingerprint density at radius 2 is 1.79 bits per heavy atom. The van der Waals surface area contributed by atoms with Gasteiger partial charge in [0.25, 0.3) is 11.8 Å². The molecule has 2 saturated heterocycles. The van der Waals surface area contributed by atoms with Crippen molar-refractivity contribution in [3.05, 3.63) is 54.1 Å². The lowest BCUT2D eigenvalue weighted by Gasteiger charge is -2.41. The van der Waals surface area contributed by atoms with E-state index < -0.39 is 23.9 Å². The van der Waals surface area contributed by atoms with E-state index in [9.17, 15) is 19.2 Å². The van der Waals surface area contributed by atoms with Crippen LogP contribution in [0, 0.1) is 0 Å². The van der Waals surface area contributed by atoms with Gasteiger partial charge in [0.05, 0.1) is 19.2 Å². The number of rotatable bonds is 5. The van der Waals surface area contributed by atoms with Gasteiger partial charge in [-0.3, -0.25) is 19.2 Å². The van der Waals surface area contributed by atoms with Crippen molar-refractivity contribution in [1.82, 2.24) is 30.4 Å². The molecular formula is C23H26N6O5. The van der Waals surface area contributed by atoms with Gasteiger partial charge in [-0.25, -0.2) is 9.97 Å². The smallest absolute Gasteiger partial charge is 0.257 e. The number of hydrogen-bond donors (Lipinski definition) is 2. The number of carbonyl (C=O) groups excluding carboxylic acids is 4. The van der Waals surface area contributed by atoms with Crippen LogP contribution in [0.25, 0.3) is 0 Å². The zero-order valence-corrected chi connectivity index (χ0v) is 18.8. The molecule has 2 fully saturated rings. The van der Waals surface area contributed by atoms with E-state index in [0.29, 0.717) is 24.3 Å². The van der Waals surface area contributed by atoms with Crippen LogP contribution in [0.2, 0.25) is 0 Å². The summed E-state index contributed by atoms with van der Waals surface area (Å²) < 4.78 is 5.14. The molecule has 0 saturated carbocycles. The minimum Gasteiger partial charge on any atom is -0.497 e. The summed E-state index contributed by atoms with van der Waals surface area (Å²) in [5, 5.41) is 5.49. The van der Waals surface area contributed by atoms with Crippen LogP contribution in [-0.2, 0) is 9.59 Å². The lowest BCUT2D eigenvalue weighted by Crippen LogP contribution is -2.63. The number of amides is 4. The highest BCUT2D eigenvalue weighted by Crippen LogP contribution is 2.19. The molecule has 0 radical (unpaired) electrons. The topological polar surface area (TPSA) is 134 Å². The van der Waals surface area contributed by atoms with Crippen molar-refractivity contribution in [3.63, 3.8) is 0 Å². The van der Waals surface area contributed by atoms with Crippen LogP contribution in [-0.4, -0.2) is 88.8 Å². The third-order valence-corrected chi connectivity index (χ3v) is 5.98. The minimum absolute atomic E-state index is 0.00946. The first kappa shape index (κ1) is 23.1. The summed E-state index contributed by atoms with van der Waals surface area (Å²) in [4.78, 5) is 62.4. The number of ether oxygens (including phenoxy) is 1. The van der Waals surface area contributed by atoms with E-state index in [1.165, 1.54) is 28.5 Å². The van der Waals surface area contributed by atoms with Crippen molar-refractivity contribution < 1.29 is 23.9 Å². The third-order valence-electron chi connectivity index (χ3n) is 5.98. The molecule has 3 heterocycles. The third kappa shape index (κ3) is 4.98. The van der Waals surface area contributed by atoms with Gasteiger partial charge in [0.15, 0.2) is 0 Å². The number of hydrogen-bond acceptors (Lipinski definition) is 7. The number of carbonyl (C=O) groups is 4. The lowest BCUT2D eigenvalue weighted by atomic mass is 10.0. The van der Waals surface area contributed by atoms with E-state index in [2.05, 4.69) is 20.6 Å². The van der Waals surface area contributed by atoms with Crippen LogP contribution in [0.15, 0.2) is 43.0 Å². The van der Waals surface area contributed by atoms with Crippen LogP contribution in [0.5, 0.6) is 5.75 Å². The number of nitrogens with one attached hydrogen (secondary N) is 2. The van der Waals surface area contributed by atoms with E-state index in [1.54, 1.807) is 31.4 Å². The Kier molecular flexibility index (Phi) is 7.00. The van der Waals surface area contributed by atoms with Gasteiger partial charge in [-0.1, -0.05) is 0 Å². The van der Waals surface area contributed by atoms with Crippen LogP contribution in [0.4, 0.5) is 0 Å². The van der Waals surface area contributed by atoms with E-state index in [-0.39, 0.29) is 37.0 Å². The molecule has 2 atom stereocenters. The highest BCUT2D eigenvalue weighted by molar-refractivity contribution is 5.99. The zero-order valence-electron chi connectivity index (χ0n) is 18.8. The molecular weight excluding hydrogens is 440 g/mol. The fraction of sp³-hybridized carbons (Fsp3) is 0.391. The van der Waals surface area contributed by atoms with Gasteiger partial charge >= 0.3 is 0 Å². The van der Waals surface area contributed by atoms with Gasteiger partial charge in [-0.05, 0) is 37.1 Å². The molecule has 2 unspecified atom stereocenters. The zero-order chi connectivity index (χ0) is 24.1. The number of nitrogens with zero attached hydrogens (tertiary/aromatic N) is 4. The number of benzene rings is 1. The molecule has 1 aromatic carbocycles. The van der Waals surface area contributed by atoms with Gasteiger partial charge < -0.3 is 25.2 Å². The quantitative estimate of drug-likeness (QED) is 0.626. The largest absolute Gasteiger partial charge is 0.497 e. The normalized spacial score (nSPS) is 20.3. The van der Waals surface area contributed by atoms with Crippen LogP contribution < -0.4 is 15.4 Å². The predicted octanol–water partition coefficient (Wildman–Crippen LogP) is -0.153. The van der Waals surface area contributed by atoms with Gasteiger partial charge in [0.1, 0.15) is 24.2 Å². The molecule has 2 aliphatic heterocycles.